The minimum atomic E-state index is 0.649. The molecule has 0 amide bonds. The number of allylic oxidation sites excluding steroid dienone is 2. The van der Waals surface area contributed by atoms with E-state index < -0.39 is 0 Å². The van der Waals surface area contributed by atoms with Crippen LogP contribution in [0.15, 0.2) is 145 Å². The first-order valence-corrected chi connectivity index (χ1v) is 15.8. The number of nitrogens with zero attached hydrogens (tertiary/aromatic N) is 2. The van der Waals surface area contributed by atoms with Gasteiger partial charge in [-0.3, -0.25) is 4.99 Å². The monoisotopic (exact) mass is 592 g/mol. The summed E-state index contributed by atoms with van der Waals surface area (Å²) < 4.78 is 0. The average molecular weight is 593 g/mol. The van der Waals surface area contributed by atoms with Gasteiger partial charge in [0, 0.05) is 22.8 Å². The number of aryl methyl sites for hydroxylation is 1. The number of aliphatic imine (C=N–C) groups is 1. The molecule has 0 heterocycles. The second-order valence-electron chi connectivity index (χ2n) is 11.7. The Morgan fingerprint density at radius 3 is 1.78 bits per heavy atom. The van der Waals surface area contributed by atoms with E-state index in [4.69, 9.17) is 0 Å². The van der Waals surface area contributed by atoms with Crippen LogP contribution < -0.4 is 15.3 Å². The fraction of sp³-hybridized carbons (Fsp3) is 0.0682. The van der Waals surface area contributed by atoms with Crippen molar-refractivity contribution in [3.63, 3.8) is 0 Å². The van der Waals surface area contributed by atoms with Gasteiger partial charge >= 0.3 is 0 Å². The van der Waals surface area contributed by atoms with Crippen molar-refractivity contribution in [1.29, 1.82) is 0 Å². The normalized spacial score (nSPS) is 12.0. The molecule has 222 valence electrons. The third-order valence-electron chi connectivity index (χ3n) is 9.05. The largest absolute Gasteiger partial charge is 0.335 e. The Morgan fingerprint density at radius 2 is 1.20 bits per heavy atom. The molecular weight excluding hydrogens is 556 g/mol. The zero-order valence-electron chi connectivity index (χ0n) is 26.4. The second kappa shape index (κ2) is 12.3. The van der Waals surface area contributed by atoms with Gasteiger partial charge in [0.15, 0.2) is 0 Å². The van der Waals surface area contributed by atoms with E-state index >= 15 is 0 Å². The fourth-order valence-electron chi connectivity index (χ4n) is 6.83. The highest BCUT2D eigenvalue weighted by atomic mass is 15.1. The van der Waals surface area contributed by atoms with Crippen LogP contribution in [0.3, 0.4) is 0 Å². The molecule has 0 unspecified atom stereocenters. The van der Waals surface area contributed by atoms with Gasteiger partial charge in [-0.2, -0.15) is 0 Å². The van der Waals surface area contributed by atoms with Crippen molar-refractivity contribution < 1.29 is 0 Å². The number of fused-ring (bicyclic) bond motifs is 3. The number of hydrogen-bond acceptors (Lipinski definition) is 2. The summed E-state index contributed by atoms with van der Waals surface area (Å²) in [6, 6.07) is 45.5. The summed E-state index contributed by atoms with van der Waals surface area (Å²) >= 11 is 0. The van der Waals surface area contributed by atoms with Crippen LogP contribution >= 0.6 is 0 Å². The Balaban J connectivity index is 1.41. The van der Waals surface area contributed by atoms with Crippen LogP contribution in [0.2, 0.25) is 0 Å². The number of anilines is 2. The average Bonchev–Trinajstić information content (AvgIpc) is 3.11. The molecule has 0 spiro atoms. The highest BCUT2D eigenvalue weighted by molar-refractivity contribution is 6.14. The molecule has 0 aliphatic rings. The number of hydrogen-bond donors (Lipinski definition) is 0. The summed E-state index contributed by atoms with van der Waals surface area (Å²) in [6.07, 6.45) is 6.26. The quantitative estimate of drug-likeness (QED) is 0.133. The predicted octanol–water partition coefficient (Wildman–Crippen LogP) is 10.6. The summed E-state index contributed by atoms with van der Waals surface area (Å²) in [7, 11) is 0. The zero-order chi connectivity index (χ0) is 31.6. The molecular formula is C44H36N2. The molecule has 46 heavy (non-hydrogen) atoms. The Bertz CT molecular complexity index is 2330. The second-order valence-corrected chi connectivity index (χ2v) is 11.7. The number of benzene rings is 7. The van der Waals surface area contributed by atoms with E-state index in [2.05, 4.69) is 170 Å². The van der Waals surface area contributed by atoms with Gasteiger partial charge in [-0.05, 0) is 87.1 Å². The maximum absolute atomic E-state index is 4.65. The summed E-state index contributed by atoms with van der Waals surface area (Å²) in [4.78, 5) is 7.01. The molecule has 0 saturated carbocycles. The Kier molecular flexibility index (Phi) is 7.78. The molecule has 0 bridgehead atoms. The lowest BCUT2D eigenvalue weighted by Gasteiger charge is -2.28. The van der Waals surface area contributed by atoms with Crippen molar-refractivity contribution in [3.05, 3.63) is 161 Å². The lowest BCUT2D eigenvalue weighted by atomic mass is 9.89. The molecule has 0 N–H and O–H groups in total. The first-order chi connectivity index (χ1) is 22.6. The maximum atomic E-state index is 4.65. The molecule has 2 nitrogen and oxygen atoms in total. The van der Waals surface area contributed by atoms with Gasteiger partial charge in [-0.15, -0.1) is 0 Å². The molecule has 0 radical (unpaired) electrons. The van der Waals surface area contributed by atoms with Gasteiger partial charge in [-0.25, -0.2) is 0 Å². The van der Waals surface area contributed by atoms with Gasteiger partial charge in [0.2, 0.25) is 0 Å². The lowest BCUT2D eigenvalue weighted by Crippen LogP contribution is -2.32. The van der Waals surface area contributed by atoms with Crippen LogP contribution in [0.1, 0.15) is 18.1 Å². The van der Waals surface area contributed by atoms with E-state index in [-0.39, 0.29) is 0 Å². The number of para-hydroxylation sites is 1. The van der Waals surface area contributed by atoms with Gasteiger partial charge in [0.25, 0.3) is 0 Å². The zero-order valence-corrected chi connectivity index (χ0v) is 26.4. The van der Waals surface area contributed by atoms with E-state index in [1.54, 1.807) is 0 Å². The third kappa shape index (κ3) is 4.98. The minimum Gasteiger partial charge on any atom is -0.335 e. The summed E-state index contributed by atoms with van der Waals surface area (Å²) in [5, 5.41) is 9.30. The summed E-state index contributed by atoms with van der Waals surface area (Å²) in [5.74, 6) is 0. The molecule has 0 fully saturated rings. The molecule has 0 saturated heterocycles. The molecule has 0 aromatic heterocycles. The highest BCUT2D eigenvalue weighted by Crippen LogP contribution is 2.40. The smallest absolute Gasteiger partial charge is 0.0944 e. The van der Waals surface area contributed by atoms with Crippen molar-refractivity contribution >= 4 is 68.8 Å². The Morgan fingerprint density at radius 1 is 0.652 bits per heavy atom. The van der Waals surface area contributed by atoms with Gasteiger partial charge in [-0.1, -0.05) is 140 Å². The molecule has 7 rings (SSSR count). The summed E-state index contributed by atoms with van der Waals surface area (Å²) in [5.41, 5.74) is 7.95. The first-order valence-electron chi connectivity index (χ1n) is 15.8. The molecule has 7 aromatic rings. The lowest BCUT2D eigenvalue weighted by molar-refractivity contribution is 0.971. The molecule has 2 heteroatoms. The van der Waals surface area contributed by atoms with Crippen molar-refractivity contribution in [2.24, 2.45) is 4.99 Å². The number of rotatable bonds is 7. The van der Waals surface area contributed by atoms with Crippen LogP contribution in [0.5, 0.6) is 0 Å². The van der Waals surface area contributed by atoms with Crippen LogP contribution in [-0.4, -0.2) is 6.72 Å². The van der Waals surface area contributed by atoms with E-state index in [1.165, 1.54) is 43.8 Å². The summed E-state index contributed by atoms with van der Waals surface area (Å²) in [6.45, 7) is 13.5. The highest BCUT2D eigenvalue weighted by Gasteiger charge is 2.20. The van der Waals surface area contributed by atoms with Gasteiger partial charge in [0.1, 0.15) is 0 Å². The van der Waals surface area contributed by atoms with Crippen molar-refractivity contribution in [2.45, 2.75) is 20.4 Å². The van der Waals surface area contributed by atoms with E-state index in [1.807, 2.05) is 13.0 Å². The topological polar surface area (TPSA) is 15.6 Å². The SMILES string of the molecule is C=Nc1c(N(Cc2ccc(-c3c4ccccc4c(C)c4ccccc34)cc2)c2ccccc2)/c(=C/C=C\C)c(=C)c2ccccc12. The van der Waals surface area contributed by atoms with Gasteiger partial charge in [0.05, 0.1) is 11.4 Å². The van der Waals surface area contributed by atoms with Crippen LogP contribution in [0.4, 0.5) is 17.1 Å². The standard InChI is InChI=1S/C44H36N2/c1-5-6-18-38-31(3)37-21-12-15-24-41(37)43(45-4)44(38)46(34-16-8-7-9-17-34)29-32-25-27-33(28-26-32)42-39-22-13-10-19-35(39)30(2)36-20-11-14-23-40(36)42/h5-28H,3-4,29H2,1-2H3/b6-5-,38-18+. The molecule has 0 atom stereocenters. The first kappa shape index (κ1) is 29.0. The molecule has 7 aromatic carbocycles. The van der Waals surface area contributed by atoms with Crippen molar-refractivity contribution in [3.8, 4) is 11.1 Å². The van der Waals surface area contributed by atoms with E-state index in [9.17, 15) is 0 Å². The maximum Gasteiger partial charge on any atom is 0.0944 e. The minimum absolute atomic E-state index is 0.649. The van der Waals surface area contributed by atoms with Crippen molar-refractivity contribution in [2.75, 3.05) is 4.90 Å². The predicted molar refractivity (Wildman–Crippen MR) is 201 cm³/mol. The molecule has 0 aliphatic carbocycles. The van der Waals surface area contributed by atoms with Crippen LogP contribution in [0, 0.1) is 6.92 Å². The third-order valence-corrected chi connectivity index (χ3v) is 9.05. The van der Waals surface area contributed by atoms with Crippen LogP contribution in [0.25, 0.3) is 56.1 Å². The Labute approximate surface area is 270 Å². The van der Waals surface area contributed by atoms with E-state index in [0.29, 0.717) is 6.54 Å². The fourth-order valence-corrected chi connectivity index (χ4v) is 6.83. The Hall–Kier alpha value is -5.73. The van der Waals surface area contributed by atoms with Gasteiger partial charge < -0.3 is 4.90 Å². The van der Waals surface area contributed by atoms with Crippen molar-refractivity contribution in [1.82, 2.24) is 0 Å². The van der Waals surface area contributed by atoms with Crippen LogP contribution in [-0.2, 0) is 6.54 Å². The van der Waals surface area contributed by atoms with E-state index in [0.717, 1.165) is 38.3 Å². The molecule has 0 aliphatic heterocycles.